The van der Waals surface area contributed by atoms with Gasteiger partial charge in [0.25, 0.3) is 0 Å². The number of pyridine rings is 1. The molecule has 1 fully saturated rings. The van der Waals surface area contributed by atoms with E-state index in [0.717, 1.165) is 11.8 Å². The average Bonchev–Trinajstić information content (AvgIpc) is 3.52. The van der Waals surface area contributed by atoms with E-state index in [1.165, 1.54) is 12.1 Å². The average molecular weight is 450 g/mol. The highest BCUT2D eigenvalue weighted by Gasteiger charge is 2.42. The van der Waals surface area contributed by atoms with Crippen molar-refractivity contribution in [1.29, 1.82) is 0 Å². The molecule has 6 N–H and O–H groups in total. The van der Waals surface area contributed by atoms with Crippen LogP contribution in [-0.2, 0) is 9.53 Å². The molecule has 1 aromatic heterocycles. The van der Waals surface area contributed by atoms with Crippen LogP contribution in [0.4, 0.5) is 4.39 Å². The second-order valence-electron chi connectivity index (χ2n) is 6.45. The quantitative estimate of drug-likeness (QED) is 0.251. The summed E-state index contributed by atoms with van der Waals surface area (Å²) in [6.45, 7) is 7.17. The number of carbonyl (C=O) groups is 1. The zero-order valence-corrected chi connectivity index (χ0v) is 18.8. The first-order valence-corrected chi connectivity index (χ1v) is 10.4. The van der Waals surface area contributed by atoms with Crippen molar-refractivity contribution in [2.24, 2.45) is 10.7 Å². The van der Waals surface area contributed by atoms with Crippen LogP contribution in [0.3, 0.4) is 0 Å². The lowest BCUT2D eigenvalue weighted by molar-refractivity contribution is -0.119. The molecule has 0 bridgehead atoms. The Labute approximate surface area is 185 Å². The fourth-order valence-electron chi connectivity index (χ4n) is 2.57. The summed E-state index contributed by atoms with van der Waals surface area (Å²) in [6, 6.07) is 2.80. The number of ether oxygens (including phenoxy) is 1. The van der Waals surface area contributed by atoms with E-state index < -0.39 is 5.82 Å². The minimum atomic E-state index is -0.398. The van der Waals surface area contributed by atoms with E-state index in [1.54, 1.807) is 39.6 Å². The number of likely N-dealkylation sites (N-methyl/N-ethyl adjacent to an activating group) is 1. The second kappa shape index (κ2) is 11.5. The van der Waals surface area contributed by atoms with Crippen LogP contribution in [0.25, 0.3) is 5.70 Å². The number of nitrogens with two attached hydrogens (primary N) is 1. The highest BCUT2D eigenvalue weighted by atomic mass is 32.2. The SMILES string of the molecule is C=C(NC(=O)CN/C(=C(\N=CC)NC)C1OC1NC)S/C=C(\N)c1ccc(F)c(C)n1. The third-order valence-electron chi connectivity index (χ3n) is 4.17. The van der Waals surface area contributed by atoms with E-state index in [4.69, 9.17) is 10.5 Å². The largest absolute Gasteiger partial charge is 0.397 e. The first-order valence-electron chi connectivity index (χ1n) is 9.52. The summed E-state index contributed by atoms with van der Waals surface area (Å²) < 4.78 is 18.9. The molecule has 1 amide bonds. The van der Waals surface area contributed by atoms with Crippen molar-refractivity contribution in [1.82, 2.24) is 26.3 Å². The molecule has 2 unspecified atom stereocenters. The van der Waals surface area contributed by atoms with Crippen LogP contribution in [0, 0.1) is 12.7 Å². The maximum Gasteiger partial charge on any atom is 0.244 e. The van der Waals surface area contributed by atoms with Gasteiger partial charge in [0.05, 0.1) is 34.4 Å². The number of nitrogens with one attached hydrogen (secondary N) is 4. The minimum absolute atomic E-state index is 0.00642. The predicted molar refractivity (Wildman–Crippen MR) is 122 cm³/mol. The number of hydrogen-bond acceptors (Lipinski definition) is 9. The normalized spacial score (nSPS) is 19.1. The molecule has 2 heterocycles. The van der Waals surface area contributed by atoms with Crippen molar-refractivity contribution in [2.45, 2.75) is 26.2 Å². The van der Waals surface area contributed by atoms with Crippen molar-refractivity contribution in [2.75, 3.05) is 20.6 Å². The summed E-state index contributed by atoms with van der Waals surface area (Å²) in [5.74, 6) is -0.107. The standard InChI is InChI=1S/C20H28FN7O2S/c1-6-25-19(23-4)17(18-20(24-5)30-18)26-9-16(29)28-12(3)31-10-14(22)15-8-7-13(21)11(2)27-15/h6-8,10,18,20,23-24,26H,3,9,22H2,1-2,4-5H3,(H,28,29)/b14-10-,19-17-,25-6?. The van der Waals surface area contributed by atoms with Gasteiger partial charge in [-0.1, -0.05) is 18.3 Å². The maximum absolute atomic E-state index is 13.3. The molecule has 9 nitrogen and oxygen atoms in total. The number of thioether (sulfide) groups is 1. The lowest BCUT2D eigenvalue weighted by Crippen LogP contribution is -2.35. The van der Waals surface area contributed by atoms with Gasteiger partial charge in [0.1, 0.15) is 24.0 Å². The lowest BCUT2D eigenvalue weighted by atomic mass is 10.2. The number of carbonyl (C=O) groups excluding carboxylic acids is 1. The van der Waals surface area contributed by atoms with Crippen molar-refractivity contribution in [3.8, 4) is 0 Å². The number of nitrogens with zero attached hydrogens (tertiary/aromatic N) is 2. The third-order valence-corrected chi connectivity index (χ3v) is 4.93. The van der Waals surface area contributed by atoms with Crippen LogP contribution in [0.2, 0.25) is 0 Å². The number of epoxide rings is 1. The molecule has 168 valence electrons. The highest BCUT2D eigenvalue weighted by Crippen LogP contribution is 2.27. The fourth-order valence-corrected chi connectivity index (χ4v) is 3.14. The van der Waals surface area contributed by atoms with Gasteiger partial charge in [-0.3, -0.25) is 10.1 Å². The van der Waals surface area contributed by atoms with Crippen LogP contribution in [0.15, 0.2) is 45.7 Å². The minimum Gasteiger partial charge on any atom is -0.397 e. The van der Waals surface area contributed by atoms with Crippen LogP contribution in [-0.4, -0.2) is 50.1 Å². The monoisotopic (exact) mass is 449 g/mol. The van der Waals surface area contributed by atoms with Gasteiger partial charge in [0.2, 0.25) is 5.91 Å². The summed E-state index contributed by atoms with van der Waals surface area (Å²) in [5.41, 5.74) is 7.70. The predicted octanol–water partition coefficient (Wildman–Crippen LogP) is 1.12. The van der Waals surface area contributed by atoms with E-state index in [9.17, 15) is 9.18 Å². The maximum atomic E-state index is 13.3. The van der Waals surface area contributed by atoms with Crippen LogP contribution in [0.1, 0.15) is 18.3 Å². The van der Waals surface area contributed by atoms with Gasteiger partial charge in [-0.15, -0.1) is 0 Å². The molecule has 0 aliphatic carbocycles. The Bertz CT molecular complexity index is 917. The number of aromatic nitrogens is 1. The zero-order valence-electron chi connectivity index (χ0n) is 18.0. The Morgan fingerprint density at radius 2 is 2.19 bits per heavy atom. The molecule has 0 spiro atoms. The molecule has 0 radical (unpaired) electrons. The summed E-state index contributed by atoms with van der Waals surface area (Å²) in [6.07, 6.45) is 1.29. The Kier molecular flexibility index (Phi) is 9.03. The van der Waals surface area contributed by atoms with Gasteiger partial charge >= 0.3 is 0 Å². The Hall–Kier alpha value is -2.89. The third kappa shape index (κ3) is 7.09. The molecule has 1 aliphatic heterocycles. The first kappa shape index (κ1) is 24.4. The molecule has 11 heteroatoms. The molecule has 1 saturated heterocycles. The van der Waals surface area contributed by atoms with Crippen LogP contribution in [0.5, 0.6) is 0 Å². The molecule has 2 rings (SSSR count). The van der Waals surface area contributed by atoms with Gasteiger partial charge in [-0.2, -0.15) is 0 Å². The van der Waals surface area contributed by atoms with Crippen molar-refractivity contribution in [3.63, 3.8) is 0 Å². The molecule has 2 atom stereocenters. The van der Waals surface area contributed by atoms with Gasteiger partial charge < -0.3 is 26.4 Å². The first-order chi connectivity index (χ1) is 14.8. The molecular weight excluding hydrogens is 421 g/mol. The number of halogens is 1. The molecule has 0 aromatic carbocycles. The molecule has 0 saturated carbocycles. The Balaban J connectivity index is 1.92. The van der Waals surface area contributed by atoms with Gasteiger partial charge in [0, 0.05) is 18.7 Å². The van der Waals surface area contributed by atoms with Crippen LogP contribution < -0.4 is 27.0 Å². The Morgan fingerprint density at radius 1 is 1.45 bits per heavy atom. The highest BCUT2D eigenvalue weighted by molar-refractivity contribution is 8.05. The van der Waals surface area contributed by atoms with Crippen molar-refractivity contribution >= 4 is 29.6 Å². The second-order valence-corrected chi connectivity index (χ2v) is 7.41. The fraction of sp³-hybridized carbons (Fsp3) is 0.350. The van der Waals surface area contributed by atoms with Gasteiger partial charge in [-0.25, -0.2) is 14.4 Å². The van der Waals surface area contributed by atoms with E-state index in [0.29, 0.717) is 27.9 Å². The molecule has 1 aliphatic rings. The number of hydrogen-bond donors (Lipinski definition) is 5. The molecule has 1 aromatic rings. The lowest BCUT2D eigenvalue weighted by Gasteiger charge is -2.13. The van der Waals surface area contributed by atoms with Crippen molar-refractivity contribution < 1.29 is 13.9 Å². The Morgan fingerprint density at radius 3 is 2.77 bits per heavy atom. The molecule has 31 heavy (non-hydrogen) atoms. The number of rotatable bonds is 11. The number of amides is 1. The number of aryl methyl sites for hydroxylation is 1. The summed E-state index contributed by atoms with van der Waals surface area (Å²) in [4.78, 5) is 20.7. The van der Waals surface area contributed by atoms with E-state index in [2.05, 4.69) is 37.8 Å². The summed E-state index contributed by atoms with van der Waals surface area (Å²) in [7, 11) is 3.54. The topological polar surface area (TPSA) is 129 Å². The van der Waals surface area contributed by atoms with Gasteiger partial charge in [0.15, 0.2) is 0 Å². The van der Waals surface area contributed by atoms with E-state index >= 15 is 0 Å². The summed E-state index contributed by atoms with van der Waals surface area (Å²) in [5, 5.41) is 13.8. The smallest absolute Gasteiger partial charge is 0.244 e. The van der Waals surface area contributed by atoms with Crippen LogP contribution >= 0.6 is 11.8 Å². The van der Waals surface area contributed by atoms with Crippen molar-refractivity contribution in [3.05, 3.63) is 57.9 Å². The zero-order chi connectivity index (χ0) is 23.0. The van der Waals surface area contributed by atoms with E-state index in [-0.39, 0.29) is 30.5 Å². The van der Waals surface area contributed by atoms with E-state index in [1.807, 2.05) is 0 Å². The molecular formula is C20H28FN7O2S. The summed E-state index contributed by atoms with van der Waals surface area (Å²) >= 11 is 1.14. The number of aliphatic imine (C=N–C) groups is 1. The van der Waals surface area contributed by atoms with Gasteiger partial charge in [-0.05, 0) is 33.0 Å².